The van der Waals surface area contributed by atoms with E-state index < -0.39 is 0 Å². The monoisotopic (exact) mass is 282 g/mol. The number of aromatic amines is 1. The summed E-state index contributed by atoms with van der Waals surface area (Å²) in [6.07, 6.45) is 3.32. The van der Waals surface area contributed by atoms with Crippen LogP contribution in [0.4, 0.5) is 11.5 Å². The van der Waals surface area contributed by atoms with Crippen molar-refractivity contribution in [2.24, 2.45) is 0 Å². The largest absolute Gasteiger partial charge is 0.399 e. The van der Waals surface area contributed by atoms with E-state index in [4.69, 9.17) is 5.73 Å². The fourth-order valence-electron chi connectivity index (χ4n) is 2.10. The molecule has 0 atom stereocenters. The van der Waals surface area contributed by atoms with E-state index in [1.807, 2.05) is 18.2 Å². The highest BCUT2D eigenvalue weighted by atomic mass is 15.1. The maximum Gasteiger partial charge on any atom is 0.161 e. The van der Waals surface area contributed by atoms with Gasteiger partial charge in [-0.3, -0.25) is 0 Å². The second kappa shape index (κ2) is 4.73. The van der Waals surface area contributed by atoms with Crippen LogP contribution in [0.25, 0.3) is 22.6 Å². The molecule has 6 heteroatoms. The number of nitrogens with one attached hydrogen (secondary N) is 2. The first-order valence-corrected chi connectivity index (χ1v) is 6.77. The van der Waals surface area contributed by atoms with Crippen LogP contribution in [0.5, 0.6) is 0 Å². The predicted octanol–water partition coefficient (Wildman–Crippen LogP) is 2.81. The van der Waals surface area contributed by atoms with Gasteiger partial charge in [0, 0.05) is 23.6 Å². The summed E-state index contributed by atoms with van der Waals surface area (Å²) in [4.78, 5) is 16.6. The molecule has 0 aliphatic heterocycles. The Morgan fingerprint density at radius 3 is 2.67 bits per heavy atom. The molecule has 0 saturated heterocycles. The molecule has 0 aliphatic carbocycles. The third kappa shape index (κ3) is 2.79. The molecule has 21 heavy (non-hydrogen) atoms. The van der Waals surface area contributed by atoms with Crippen LogP contribution in [0.3, 0.4) is 0 Å². The number of H-pyrrole nitrogens is 1. The highest BCUT2D eigenvalue weighted by molar-refractivity contribution is 5.83. The van der Waals surface area contributed by atoms with E-state index in [2.05, 4.69) is 46.0 Å². The lowest BCUT2D eigenvalue weighted by Gasteiger charge is -2.22. The van der Waals surface area contributed by atoms with E-state index in [0.717, 1.165) is 11.0 Å². The SMILES string of the molecule is CC(C)(C)Nc1nccnc1-c1nc2ccc(N)cc2[nH]1. The third-order valence-electron chi connectivity index (χ3n) is 2.92. The number of fused-ring (bicyclic) bond motifs is 1. The second-order valence-corrected chi connectivity index (χ2v) is 5.99. The number of hydrogen-bond donors (Lipinski definition) is 3. The number of imidazole rings is 1. The summed E-state index contributed by atoms with van der Waals surface area (Å²) >= 11 is 0. The van der Waals surface area contributed by atoms with Gasteiger partial charge < -0.3 is 16.0 Å². The quantitative estimate of drug-likeness (QED) is 0.628. The predicted molar refractivity (Wildman–Crippen MR) is 84.9 cm³/mol. The number of rotatable bonds is 2. The van der Waals surface area contributed by atoms with Crippen LogP contribution >= 0.6 is 0 Å². The fraction of sp³-hybridized carbons (Fsp3) is 0.267. The Balaban J connectivity index is 2.10. The average Bonchev–Trinajstić information content (AvgIpc) is 2.80. The summed E-state index contributed by atoms with van der Waals surface area (Å²) in [6.45, 7) is 6.22. The Bertz CT molecular complexity index is 784. The molecule has 0 radical (unpaired) electrons. The standard InChI is InChI=1S/C15H18N6/c1-15(2,3)21-13-12(17-6-7-18-13)14-19-10-5-4-9(16)8-11(10)20-14/h4-8H,16H2,1-3H3,(H,18,21)(H,19,20). The van der Waals surface area contributed by atoms with Crippen LogP contribution in [-0.4, -0.2) is 25.5 Å². The molecule has 0 fully saturated rings. The lowest BCUT2D eigenvalue weighted by atomic mass is 10.1. The van der Waals surface area contributed by atoms with Gasteiger partial charge in [-0.2, -0.15) is 0 Å². The van der Waals surface area contributed by atoms with Crippen molar-refractivity contribution in [3.05, 3.63) is 30.6 Å². The molecule has 4 N–H and O–H groups in total. The van der Waals surface area contributed by atoms with Gasteiger partial charge in [-0.1, -0.05) is 0 Å². The van der Waals surface area contributed by atoms with E-state index in [1.54, 1.807) is 12.4 Å². The molecule has 2 heterocycles. The molecule has 6 nitrogen and oxygen atoms in total. The Labute approximate surface area is 122 Å². The van der Waals surface area contributed by atoms with Crippen LogP contribution < -0.4 is 11.1 Å². The van der Waals surface area contributed by atoms with Crippen molar-refractivity contribution in [3.8, 4) is 11.5 Å². The van der Waals surface area contributed by atoms with Gasteiger partial charge in [-0.15, -0.1) is 0 Å². The van der Waals surface area contributed by atoms with Gasteiger partial charge in [-0.05, 0) is 39.0 Å². The van der Waals surface area contributed by atoms with Gasteiger partial charge in [-0.25, -0.2) is 15.0 Å². The highest BCUT2D eigenvalue weighted by Crippen LogP contribution is 2.26. The zero-order valence-corrected chi connectivity index (χ0v) is 12.3. The minimum atomic E-state index is -0.110. The van der Waals surface area contributed by atoms with Crippen molar-refractivity contribution < 1.29 is 0 Å². The molecule has 108 valence electrons. The van der Waals surface area contributed by atoms with Crippen molar-refractivity contribution in [3.63, 3.8) is 0 Å². The van der Waals surface area contributed by atoms with Crippen molar-refractivity contribution in [1.82, 2.24) is 19.9 Å². The number of nitrogen functional groups attached to an aromatic ring is 1. The minimum absolute atomic E-state index is 0.110. The van der Waals surface area contributed by atoms with Crippen LogP contribution in [-0.2, 0) is 0 Å². The van der Waals surface area contributed by atoms with Crippen LogP contribution in [0.15, 0.2) is 30.6 Å². The molecule has 0 aliphatic rings. The van der Waals surface area contributed by atoms with E-state index in [9.17, 15) is 0 Å². The minimum Gasteiger partial charge on any atom is -0.399 e. The smallest absolute Gasteiger partial charge is 0.161 e. The zero-order chi connectivity index (χ0) is 15.0. The summed E-state index contributed by atoms with van der Waals surface area (Å²) in [6, 6.07) is 5.58. The number of benzene rings is 1. The molecule has 3 aromatic rings. The van der Waals surface area contributed by atoms with E-state index in [-0.39, 0.29) is 5.54 Å². The van der Waals surface area contributed by atoms with Crippen molar-refractivity contribution >= 4 is 22.5 Å². The van der Waals surface area contributed by atoms with Crippen LogP contribution in [0.1, 0.15) is 20.8 Å². The van der Waals surface area contributed by atoms with Crippen molar-refractivity contribution in [2.75, 3.05) is 11.1 Å². The lowest BCUT2D eigenvalue weighted by molar-refractivity contribution is 0.630. The summed E-state index contributed by atoms with van der Waals surface area (Å²) in [7, 11) is 0. The van der Waals surface area contributed by atoms with Gasteiger partial charge in [0.15, 0.2) is 11.6 Å². The third-order valence-corrected chi connectivity index (χ3v) is 2.92. The van der Waals surface area contributed by atoms with E-state index in [0.29, 0.717) is 23.0 Å². The average molecular weight is 282 g/mol. The number of anilines is 2. The topological polar surface area (TPSA) is 92.5 Å². The maximum atomic E-state index is 5.80. The Morgan fingerprint density at radius 1 is 1.14 bits per heavy atom. The Morgan fingerprint density at radius 2 is 1.90 bits per heavy atom. The molecular weight excluding hydrogens is 264 g/mol. The van der Waals surface area contributed by atoms with Gasteiger partial charge >= 0.3 is 0 Å². The molecule has 2 aromatic heterocycles. The first-order chi connectivity index (χ1) is 9.92. The molecular formula is C15H18N6. The summed E-state index contributed by atoms with van der Waals surface area (Å²) in [5.74, 6) is 1.38. The summed E-state index contributed by atoms with van der Waals surface area (Å²) in [5, 5.41) is 3.35. The first kappa shape index (κ1) is 13.4. The lowest BCUT2D eigenvalue weighted by Crippen LogP contribution is -2.27. The Kier molecular flexibility index (Phi) is 3.01. The summed E-state index contributed by atoms with van der Waals surface area (Å²) in [5.41, 5.74) is 8.82. The molecule has 0 bridgehead atoms. The van der Waals surface area contributed by atoms with Crippen LogP contribution in [0, 0.1) is 0 Å². The van der Waals surface area contributed by atoms with Crippen LogP contribution in [0.2, 0.25) is 0 Å². The molecule has 1 aromatic carbocycles. The molecule has 0 amide bonds. The number of hydrogen-bond acceptors (Lipinski definition) is 5. The van der Waals surface area contributed by atoms with Gasteiger partial charge in [0.2, 0.25) is 0 Å². The van der Waals surface area contributed by atoms with E-state index >= 15 is 0 Å². The number of nitrogens with zero attached hydrogens (tertiary/aromatic N) is 3. The van der Waals surface area contributed by atoms with E-state index in [1.165, 1.54) is 0 Å². The molecule has 0 saturated carbocycles. The second-order valence-electron chi connectivity index (χ2n) is 5.99. The van der Waals surface area contributed by atoms with Crippen molar-refractivity contribution in [2.45, 2.75) is 26.3 Å². The molecule has 0 spiro atoms. The summed E-state index contributed by atoms with van der Waals surface area (Å²) < 4.78 is 0. The number of nitrogens with two attached hydrogens (primary N) is 1. The van der Waals surface area contributed by atoms with Gasteiger partial charge in [0.05, 0.1) is 11.0 Å². The van der Waals surface area contributed by atoms with Gasteiger partial charge in [0.25, 0.3) is 0 Å². The maximum absolute atomic E-state index is 5.80. The molecule has 0 unspecified atom stereocenters. The highest BCUT2D eigenvalue weighted by Gasteiger charge is 2.17. The molecule has 3 rings (SSSR count). The van der Waals surface area contributed by atoms with Crippen molar-refractivity contribution in [1.29, 1.82) is 0 Å². The zero-order valence-electron chi connectivity index (χ0n) is 12.3. The normalized spacial score (nSPS) is 11.8. The Hall–Kier alpha value is -2.63. The van der Waals surface area contributed by atoms with Gasteiger partial charge in [0.1, 0.15) is 5.69 Å². The fourth-order valence-corrected chi connectivity index (χ4v) is 2.10. The first-order valence-electron chi connectivity index (χ1n) is 6.77. The number of aromatic nitrogens is 4.